The smallest absolute Gasteiger partial charge is 0.248 e. The molecule has 3 rings (SSSR count). The first-order valence-corrected chi connectivity index (χ1v) is 10.4. The van der Waals surface area contributed by atoms with Crippen LogP contribution in [0.4, 0.5) is 4.39 Å². The average molecular weight is 440 g/mol. The van der Waals surface area contributed by atoms with Gasteiger partial charge in [-0.25, -0.2) is 4.39 Å². The highest BCUT2D eigenvalue weighted by molar-refractivity contribution is 5.97. The van der Waals surface area contributed by atoms with Gasteiger partial charge in [-0.15, -0.1) is 0 Å². The van der Waals surface area contributed by atoms with Crippen LogP contribution in [0.1, 0.15) is 59.5 Å². The van der Waals surface area contributed by atoms with Crippen molar-refractivity contribution in [2.75, 3.05) is 0 Å². The minimum Gasteiger partial charge on any atom is -0.507 e. The Morgan fingerprint density at radius 2 is 1.62 bits per heavy atom. The zero-order valence-electron chi connectivity index (χ0n) is 19.1. The van der Waals surface area contributed by atoms with Crippen molar-refractivity contribution in [3.05, 3.63) is 82.7 Å². The minimum absolute atomic E-state index is 0.149. The first-order valence-electron chi connectivity index (χ1n) is 10.4. The Labute approximate surface area is 188 Å². The second-order valence-electron chi connectivity index (χ2n) is 6.78. The van der Waals surface area contributed by atoms with Crippen molar-refractivity contribution in [3.63, 3.8) is 0 Å². The SMILES string of the molecule is CC.CC(=O)c1c(O)cccc1F.CCc1cc(-c2cc(C(N)=O)ccc2O)ccc1C. The molecule has 0 heterocycles. The topological polar surface area (TPSA) is 101 Å². The molecular weight excluding hydrogens is 409 g/mol. The van der Waals surface area contributed by atoms with Gasteiger partial charge >= 0.3 is 0 Å². The van der Waals surface area contributed by atoms with Gasteiger partial charge in [0.15, 0.2) is 5.78 Å². The predicted octanol–water partition coefficient (Wildman–Crippen LogP) is 5.79. The number of phenols is 2. The van der Waals surface area contributed by atoms with Crippen LogP contribution < -0.4 is 5.73 Å². The second kappa shape index (κ2) is 12.2. The molecular formula is C26H30FNO4. The summed E-state index contributed by atoms with van der Waals surface area (Å²) in [6.07, 6.45) is 0.927. The number of ketones is 1. The molecule has 0 aliphatic rings. The first kappa shape index (κ1) is 26.4. The molecule has 5 nitrogen and oxygen atoms in total. The zero-order chi connectivity index (χ0) is 24.4. The number of benzene rings is 3. The number of Topliss-reactive ketones (excluding diaryl/α,β-unsaturated/α-hetero) is 1. The summed E-state index contributed by atoms with van der Waals surface area (Å²) >= 11 is 0. The number of halogens is 1. The first-order chi connectivity index (χ1) is 15.1. The van der Waals surface area contributed by atoms with Crippen LogP contribution in [0.5, 0.6) is 11.5 Å². The summed E-state index contributed by atoms with van der Waals surface area (Å²) in [6.45, 7) is 9.35. The number of phenolic OH excluding ortho intramolecular Hbond substituents is 2. The zero-order valence-corrected chi connectivity index (χ0v) is 19.1. The molecule has 0 bridgehead atoms. The van der Waals surface area contributed by atoms with E-state index in [4.69, 9.17) is 10.8 Å². The van der Waals surface area contributed by atoms with E-state index < -0.39 is 17.5 Å². The lowest BCUT2D eigenvalue weighted by molar-refractivity contribution is 0.0994. The fourth-order valence-corrected chi connectivity index (χ4v) is 3.00. The van der Waals surface area contributed by atoms with Crippen LogP contribution in [-0.2, 0) is 6.42 Å². The van der Waals surface area contributed by atoms with E-state index in [0.29, 0.717) is 11.1 Å². The third kappa shape index (κ3) is 6.67. The maximum atomic E-state index is 12.7. The number of primary amides is 1. The van der Waals surface area contributed by atoms with Crippen molar-refractivity contribution < 1.29 is 24.2 Å². The molecule has 32 heavy (non-hydrogen) atoms. The summed E-state index contributed by atoms with van der Waals surface area (Å²) in [5, 5.41) is 19.0. The number of aromatic hydroxyl groups is 2. The molecule has 0 spiro atoms. The van der Waals surface area contributed by atoms with Gasteiger partial charge in [-0.2, -0.15) is 0 Å². The molecule has 4 N–H and O–H groups in total. The molecule has 3 aromatic carbocycles. The molecule has 0 radical (unpaired) electrons. The van der Waals surface area contributed by atoms with Crippen LogP contribution in [0, 0.1) is 12.7 Å². The molecule has 0 aliphatic carbocycles. The van der Waals surface area contributed by atoms with E-state index in [0.717, 1.165) is 18.1 Å². The largest absolute Gasteiger partial charge is 0.507 e. The molecule has 3 aromatic rings. The van der Waals surface area contributed by atoms with Crippen molar-refractivity contribution >= 4 is 11.7 Å². The Morgan fingerprint density at radius 3 is 2.12 bits per heavy atom. The number of amides is 1. The summed E-state index contributed by atoms with van der Waals surface area (Å²) in [6, 6.07) is 14.4. The van der Waals surface area contributed by atoms with Crippen molar-refractivity contribution in [2.45, 2.75) is 41.0 Å². The van der Waals surface area contributed by atoms with Crippen LogP contribution in [0.15, 0.2) is 54.6 Å². The van der Waals surface area contributed by atoms with Crippen molar-refractivity contribution in [1.29, 1.82) is 0 Å². The highest BCUT2D eigenvalue weighted by Crippen LogP contribution is 2.31. The second-order valence-corrected chi connectivity index (χ2v) is 6.78. The monoisotopic (exact) mass is 439 g/mol. The van der Waals surface area contributed by atoms with Gasteiger partial charge in [-0.05, 0) is 67.3 Å². The van der Waals surface area contributed by atoms with Gasteiger partial charge in [-0.3, -0.25) is 9.59 Å². The van der Waals surface area contributed by atoms with Gasteiger partial charge in [0.25, 0.3) is 0 Å². The van der Waals surface area contributed by atoms with Gasteiger partial charge in [0.05, 0.1) is 5.56 Å². The highest BCUT2D eigenvalue weighted by Gasteiger charge is 2.11. The molecule has 0 saturated carbocycles. The third-order valence-corrected chi connectivity index (χ3v) is 4.67. The number of hydrogen-bond acceptors (Lipinski definition) is 4. The minimum atomic E-state index is -0.683. The lowest BCUT2D eigenvalue weighted by atomic mass is 9.96. The van der Waals surface area contributed by atoms with Gasteiger partial charge in [-0.1, -0.05) is 45.0 Å². The molecule has 0 saturated heterocycles. The number of rotatable bonds is 4. The Hall–Kier alpha value is -3.67. The normalized spacial score (nSPS) is 9.69. The summed E-state index contributed by atoms with van der Waals surface area (Å²) in [5.41, 5.74) is 9.39. The van der Waals surface area contributed by atoms with E-state index in [-0.39, 0.29) is 17.1 Å². The molecule has 6 heteroatoms. The van der Waals surface area contributed by atoms with Gasteiger partial charge in [0, 0.05) is 11.1 Å². The maximum absolute atomic E-state index is 12.7. The van der Waals surface area contributed by atoms with Crippen molar-refractivity contribution in [3.8, 4) is 22.6 Å². The number of aryl methyl sites for hydroxylation is 2. The fraction of sp³-hybridized carbons (Fsp3) is 0.231. The van der Waals surface area contributed by atoms with E-state index in [9.17, 15) is 19.1 Å². The fourth-order valence-electron chi connectivity index (χ4n) is 3.00. The summed E-state index contributed by atoms with van der Waals surface area (Å²) in [7, 11) is 0. The lowest BCUT2D eigenvalue weighted by Gasteiger charge is -2.10. The van der Waals surface area contributed by atoms with Crippen LogP contribution in [-0.4, -0.2) is 21.9 Å². The predicted molar refractivity (Wildman–Crippen MR) is 126 cm³/mol. The van der Waals surface area contributed by atoms with Gasteiger partial charge in [0.2, 0.25) is 5.91 Å². The number of nitrogens with two attached hydrogens (primary N) is 1. The van der Waals surface area contributed by atoms with E-state index in [1.54, 1.807) is 6.07 Å². The highest BCUT2D eigenvalue weighted by atomic mass is 19.1. The molecule has 0 aliphatic heterocycles. The number of hydrogen-bond donors (Lipinski definition) is 3. The van der Waals surface area contributed by atoms with E-state index in [2.05, 4.69) is 13.8 Å². The Morgan fingerprint density at radius 1 is 0.969 bits per heavy atom. The molecule has 0 aromatic heterocycles. The van der Waals surface area contributed by atoms with Gasteiger partial charge in [0.1, 0.15) is 17.3 Å². The number of carbonyl (C=O) groups excluding carboxylic acids is 2. The van der Waals surface area contributed by atoms with Crippen LogP contribution in [0.2, 0.25) is 0 Å². The van der Waals surface area contributed by atoms with Crippen molar-refractivity contribution in [1.82, 2.24) is 0 Å². The average Bonchev–Trinajstić information content (AvgIpc) is 2.76. The third-order valence-electron chi connectivity index (χ3n) is 4.67. The summed E-state index contributed by atoms with van der Waals surface area (Å²) in [4.78, 5) is 21.9. The molecule has 1 amide bonds. The van der Waals surface area contributed by atoms with E-state index in [1.807, 2.05) is 32.0 Å². The van der Waals surface area contributed by atoms with Crippen LogP contribution in [0.25, 0.3) is 11.1 Å². The molecule has 0 fully saturated rings. The summed E-state index contributed by atoms with van der Waals surface area (Å²) in [5.74, 6) is -1.81. The van der Waals surface area contributed by atoms with Crippen LogP contribution in [0.3, 0.4) is 0 Å². The Balaban J connectivity index is 0.000000335. The number of carbonyl (C=O) groups is 2. The quantitative estimate of drug-likeness (QED) is 0.448. The standard InChI is InChI=1S/C16H17NO2.C8H7FO2.C2H6/c1-3-11-8-12(5-4-10(11)2)14-9-13(16(17)19)6-7-15(14)18;1-5(10)8-6(9)3-2-4-7(8)11;1-2/h4-9,18H,3H2,1-2H3,(H2,17,19);2-4,11H,1H3;1-2H3. The lowest BCUT2D eigenvalue weighted by Crippen LogP contribution is -2.10. The summed E-state index contributed by atoms with van der Waals surface area (Å²) < 4.78 is 12.7. The van der Waals surface area contributed by atoms with E-state index in [1.165, 1.54) is 42.3 Å². The van der Waals surface area contributed by atoms with E-state index >= 15 is 0 Å². The van der Waals surface area contributed by atoms with Crippen molar-refractivity contribution in [2.24, 2.45) is 5.73 Å². The van der Waals surface area contributed by atoms with Gasteiger partial charge < -0.3 is 15.9 Å². The maximum Gasteiger partial charge on any atom is 0.248 e. The Bertz CT molecular complexity index is 1070. The molecule has 170 valence electrons. The van der Waals surface area contributed by atoms with Crippen LogP contribution >= 0.6 is 0 Å². The molecule has 0 unspecified atom stereocenters. The Kier molecular flexibility index (Phi) is 10.1. The molecule has 0 atom stereocenters.